The topological polar surface area (TPSA) is 65.0 Å². The molecule has 1 aliphatic carbocycles. The van der Waals surface area contributed by atoms with Crippen molar-refractivity contribution in [2.75, 3.05) is 13.2 Å². The average Bonchev–Trinajstić information content (AvgIpc) is 3.24. The van der Waals surface area contributed by atoms with E-state index < -0.39 is 5.92 Å². The first-order valence-electron chi connectivity index (χ1n) is 10.5. The molecular formula is C25H27NO4S. The highest BCUT2D eigenvalue weighted by Gasteiger charge is 2.46. The molecule has 1 aliphatic heterocycles. The number of aliphatic imine (C=N–C) groups is 1. The molecule has 0 spiro atoms. The smallest absolute Gasteiger partial charge is 0.315 e. The van der Waals surface area contributed by atoms with Crippen LogP contribution in [0.5, 0.6) is 5.75 Å². The van der Waals surface area contributed by atoms with Crippen molar-refractivity contribution >= 4 is 28.8 Å². The van der Waals surface area contributed by atoms with Crippen LogP contribution in [0.15, 0.2) is 64.1 Å². The van der Waals surface area contributed by atoms with Gasteiger partial charge in [-0.15, -0.1) is 11.3 Å². The summed E-state index contributed by atoms with van der Waals surface area (Å²) < 4.78 is 11.2. The molecule has 162 valence electrons. The van der Waals surface area contributed by atoms with E-state index in [9.17, 15) is 9.59 Å². The molecule has 0 N–H and O–H groups in total. The van der Waals surface area contributed by atoms with Gasteiger partial charge in [-0.1, -0.05) is 38.1 Å². The van der Waals surface area contributed by atoms with Crippen LogP contribution in [0.2, 0.25) is 0 Å². The second-order valence-corrected chi connectivity index (χ2v) is 9.83. The van der Waals surface area contributed by atoms with Gasteiger partial charge in [-0.25, -0.2) is 0 Å². The SMILES string of the molecule is CC1=NC2=C(C(=O)CC(C)(C)C2)[C@@H](c2cccs2)C1C(=O)OCCOc1ccccc1. The lowest BCUT2D eigenvalue weighted by Crippen LogP contribution is -2.39. The Morgan fingerprint density at radius 1 is 1.13 bits per heavy atom. The molecular weight excluding hydrogens is 410 g/mol. The van der Waals surface area contributed by atoms with Crippen molar-refractivity contribution in [1.82, 2.24) is 0 Å². The number of benzene rings is 1. The molecule has 2 aromatic rings. The van der Waals surface area contributed by atoms with E-state index in [0.717, 1.165) is 22.7 Å². The molecule has 0 saturated carbocycles. The van der Waals surface area contributed by atoms with Crippen molar-refractivity contribution in [3.63, 3.8) is 0 Å². The van der Waals surface area contributed by atoms with Crippen LogP contribution in [0.1, 0.15) is 44.4 Å². The van der Waals surface area contributed by atoms with Gasteiger partial charge in [0, 0.05) is 34.2 Å². The number of para-hydroxylation sites is 1. The zero-order valence-corrected chi connectivity index (χ0v) is 18.9. The highest BCUT2D eigenvalue weighted by Crippen LogP contribution is 2.48. The third kappa shape index (κ3) is 4.64. The van der Waals surface area contributed by atoms with Crippen molar-refractivity contribution in [3.05, 3.63) is 64.0 Å². The van der Waals surface area contributed by atoms with E-state index in [1.54, 1.807) is 11.3 Å². The summed E-state index contributed by atoms with van der Waals surface area (Å²) in [5, 5.41) is 1.98. The van der Waals surface area contributed by atoms with Gasteiger partial charge in [-0.2, -0.15) is 0 Å². The number of Topliss-reactive ketones (excluding diaryl/α,β-unsaturated/α-hetero) is 1. The molecule has 2 atom stereocenters. The van der Waals surface area contributed by atoms with Gasteiger partial charge in [0.05, 0.1) is 0 Å². The normalized spacial score (nSPS) is 22.5. The Bertz CT molecular complexity index is 1020. The van der Waals surface area contributed by atoms with Crippen LogP contribution in [0, 0.1) is 11.3 Å². The highest BCUT2D eigenvalue weighted by molar-refractivity contribution is 7.10. The van der Waals surface area contributed by atoms with Gasteiger partial charge in [0.2, 0.25) is 0 Å². The van der Waals surface area contributed by atoms with Crippen molar-refractivity contribution in [2.24, 2.45) is 16.3 Å². The number of rotatable bonds is 6. The fraction of sp³-hybridized carbons (Fsp3) is 0.400. The monoisotopic (exact) mass is 437 g/mol. The van der Waals surface area contributed by atoms with Crippen LogP contribution >= 0.6 is 11.3 Å². The summed E-state index contributed by atoms with van der Waals surface area (Å²) in [6.45, 7) is 6.45. The number of ketones is 1. The number of nitrogens with zero attached hydrogens (tertiary/aromatic N) is 1. The molecule has 1 aromatic carbocycles. The number of carbonyl (C=O) groups excluding carboxylic acids is 2. The quantitative estimate of drug-likeness (QED) is 0.461. The molecule has 0 saturated heterocycles. The molecule has 0 fully saturated rings. The largest absolute Gasteiger partial charge is 0.490 e. The van der Waals surface area contributed by atoms with Crippen molar-refractivity contribution < 1.29 is 19.1 Å². The summed E-state index contributed by atoms with van der Waals surface area (Å²) in [7, 11) is 0. The Kier molecular flexibility index (Phi) is 6.10. The molecule has 31 heavy (non-hydrogen) atoms. The fourth-order valence-corrected chi connectivity index (χ4v) is 5.31. The van der Waals surface area contributed by atoms with Crippen molar-refractivity contribution in [1.29, 1.82) is 0 Å². The van der Waals surface area contributed by atoms with Crippen LogP contribution in [-0.2, 0) is 14.3 Å². The molecule has 2 aliphatic rings. The highest BCUT2D eigenvalue weighted by atomic mass is 32.1. The van der Waals surface area contributed by atoms with Crippen LogP contribution in [0.3, 0.4) is 0 Å². The molecule has 1 unspecified atom stereocenters. The number of ether oxygens (including phenoxy) is 2. The average molecular weight is 438 g/mol. The number of thiophene rings is 1. The molecule has 5 nitrogen and oxygen atoms in total. The molecule has 1 aromatic heterocycles. The van der Waals surface area contributed by atoms with Gasteiger partial charge in [0.25, 0.3) is 0 Å². The Balaban J connectivity index is 1.54. The maximum atomic E-state index is 13.1. The lowest BCUT2D eigenvalue weighted by atomic mass is 9.68. The number of allylic oxidation sites excluding steroid dienone is 2. The molecule has 6 heteroatoms. The van der Waals surface area contributed by atoms with Gasteiger partial charge >= 0.3 is 5.97 Å². The fourth-order valence-electron chi connectivity index (χ4n) is 4.43. The van der Waals surface area contributed by atoms with Gasteiger partial charge in [-0.05, 0) is 42.3 Å². The first-order valence-corrected chi connectivity index (χ1v) is 11.4. The predicted molar refractivity (Wildman–Crippen MR) is 122 cm³/mol. The Morgan fingerprint density at radius 2 is 1.90 bits per heavy atom. The maximum Gasteiger partial charge on any atom is 0.315 e. The van der Waals surface area contributed by atoms with E-state index in [1.165, 1.54) is 0 Å². The minimum absolute atomic E-state index is 0.0890. The van der Waals surface area contributed by atoms with E-state index in [1.807, 2.05) is 54.8 Å². The standard InChI is InChI=1S/C25H27NO4S/c1-16-21(24(28)30-12-11-29-17-8-5-4-6-9-17)23(20-10-7-13-31-20)22-18(26-16)14-25(2,3)15-19(22)27/h4-10,13,21,23H,11-12,14-15H2,1-3H3/t21?,23-/m0/s1. The van der Waals surface area contributed by atoms with Gasteiger partial charge in [0.15, 0.2) is 5.78 Å². The Morgan fingerprint density at radius 3 is 2.61 bits per heavy atom. The van der Waals surface area contributed by atoms with Crippen LogP contribution in [0.25, 0.3) is 0 Å². The summed E-state index contributed by atoms with van der Waals surface area (Å²) >= 11 is 1.56. The summed E-state index contributed by atoms with van der Waals surface area (Å²) in [5.74, 6) is -0.472. The minimum Gasteiger partial charge on any atom is -0.490 e. The second kappa shape index (κ2) is 8.79. The number of hydrogen-bond acceptors (Lipinski definition) is 6. The minimum atomic E-state index is -0.598. The number of esters is 1. The second-order valence-electron chi connectivity index (χ2n) is 8.85. The Labute approximate surface area is 186 Å². The molecule has 0 radical (unpaired) electrons. The lowest BCUT2D eigenvalue weighted by Gasteiger charge is -2.38. The van der Waals surface area contributed by atoms with Crippen molar-refractivity contribution in [3.8, 4) is 5.75 Å². The van der Waals surface area contributed by atoms with Crippen LogP contribution in [0.4, 0.5) is 0 Å². The summed E-state index contributed by atoms with van der Waals surface area (Å²) in [6, 6.07) is 13.4. The zero-order chi connectivity index (χ0) is 22.0. The molecule has 4 rings (SSSR count). The number of hydrogen-bond donors (Lipinski definition) is 0. The third-order valence-corrected chi connectivity index (χ3v) is 6.70. The summed E-state index contributed by atoms with van der Waals surface area (Å²) in [4.78, 5) is 32.0. The number of carbonyl (C=O) groups is 2. The predicted octanol–water partition coefficient (Wildman–Crippen LogP) is 5.19. The Hall–Kier alpha value is -2.73. The molecule has 0 bridgehead atoms. The van der Waals surface area contributed by atoms with Gasteiger partial charge in [0.1, 0.15) is 24.9 Å². The van der Waals surface area contributed by atoms with Crippen molar-refractivity contribution in [2.45, 2.75) is 39.5 Å². The maximum absolute atomic E-state index is 13.1. The first kappa shape index (κ1) is 21.5. The van der Waals surface area contributed by atoms with Gasteiger partial charge in [-0.3, -0.25) is 14.6 Å². The molecule has 2 heterocycles. The van der Waals surface area contributed by atoms with E-state index >= 15 is 0 Å². The summed E-state index contributed by atoms with van der Waals surface area (Å²) in [5.41, 5.74) is 2.10. The van der Waals surface area contributed by atoms with E-state index in [0.29, 0.717) is 17.7 Å². The lowest BCUT2D eigenvalue weighted by molar-refractivity contribution is -0.147. The van der Waals surface area contributed by atoms with Crippen LogP contribution in [-0.4, -0.2) is 30.7 Å². The van der Waals surface area contributed by atoms with E-state index in [-0.39, 0.29) is 36.3 Å². The first-order chi connectivity index (χ1) is 14.9. The van der Waals surface area contributed by atoms with Crippen LogP contribution < -0.4 is 4.74 Å². The van der Waals surface area contributed by atoms with E-state index in [4.69, 9.17) is 14.5 Å². The molecule has 0 amide bonds. The zero-order valence-electron chi connectivity index (χ0n) is 18.1. The van der Waals surface area contributed by atoms with Gasteiger partial charge < -0.3 is 9.47 Å². The van der Waals surface area contributed by atoms with E-state index in [2.05, 4.69) is 13.8 Å². The third-order valence-electron chi connectivity index (χ3n) is 5.75. The summed E-state index contributed by atoms with van der Waals surface area (Å²) in [6.07, 6.45) is 1.20.